The highest BCUT2D eigenvalue weighted by molar-refractivity contribution is 5.75. The van der Waals surface area contributed by atoms with Gasteiger partial charge in [-0.05, 0) is 31.4 Å². The maximum Gasteiger partial charge on any atom is 0.318 e. The molecule has 0 bridgehead atoms. The number of nitrogens with one attached hydrogen (secondary N) is 1. The van der Waals surface area contributed by atoms with E-state index >= 15 is 0 Å². The van der Waals surface area contributed by atoms with Crippen LogP contribution in [0.3, 0.4) is 0 Å². The Hall–Kier alpha value is -2.37. The quantitative estimate of drug-likeness (QED) is 0.940. The lowest BCUT2D eigenvalue weighted by atomic mass is 10.1. The van der Waals surface area contributed by atoms with Crippen molar-refractivity contribution in [2.75, 3.05) is 6.54 Å². The Morgan fingerprint density at radius 2 is 2.48 bits per heavy atom. The van der Waals surface area contributed by atoms with Crippen LogP contribution in [0.4, 0.5) is 4.79 Å². The number of nitrogens with zero attached hydrogens (tertiary/aromatic N) is 3. The van der Waals surface area contributed by atoms with E-state index < -0.39 is 0 Å². The van der Waals surface area contributed by atoms with Gasteiger partial charge in [0.15, 0.2) is 5.76 Å². The van der Waals surface area contributed by atoms with E-state index in [1.807, 2.05) is 30.0 Å². The molecule has 3 rings (SSSR count). The van der Waals surface area contributed by atoms with Crippen LogP contribution < -0.4 is 5.32 Å². The first kappa shape index (κ1) is 13.6. The van der Waals surface area contributed by atoms with Crippen molar-refractivity contribution in [2.45, 2.75) is 32.4 Å². The summed E-state index contributed by atoms with van der Waals surface area (Å²) in [4.78, 5) is 18.2. The minimum atomic E-state index is -0.0737. The lowest BCUT2D eigenvalue weighted by molar-refractivity contribution is 0.182. The molecule has 0 aliphatic carbocycles. The Bertz CT molecular complexity index is 611. The van der Waals surface area contributed by atoms with Gasteiger partial charge in [-0.2, -0.15) is 0 Å². The maximum atomic E-state index is 12.3. The van der Waals surface area contributed by atoms with E-state index in [1.54, 1.807) is 12.4 Å². The summed E-state index contributed by atoms with van der Waals surface area (Å²) in [7, 11) is 0. The number of hydrogen-bond donors (Lipinski definition) is 1. The average molecular weight is 286 g/mol. The zero-order valence-electron chi connectivity index (χ0n) is 12.0. The summed E-state index contributed by atoms with van der Waals surface area (Å²) in [5.41, 5.74) is 1.82. The number of urea groups is 1. The summed E-state index contributed by atoms with van der Waals surface area (Å²) < 4.78 is 5.31. The van der Waals surface area contributed by atoms with Crippen molar-refractivity contribution in [1.29, 1.82) is 0 Å². The van der Waals surface area contributed by atoms with E-state index in [2.05, 4.69) is 15.5 Å². The normalized spacial score (nSPS) is 18.0. The molecule has 1 aliphatic rings. The van der Waals surface area contributed by atoms with Crippen LogP contribution in [0.2, 0.25) is 0 Å². The molecule has 2 amide bonds. The molecular weight excluding hydrogens is 268 g/mol. The van der Waals surface area contributed by atoms with Gasteiger partial charge >= 0.3 is 6.03 Å². The van der Waals surface area contributed by atoms with Crippen molar-refractivity contribution in [2.24, 2.45) is 0 Å². The van der Waals surface area contributed by atoms with Crippen molar-refractivity contribution < 1.29 is 9.32 Å². The number of amides is 2. The van der Waals surface area contributed by atoms with E-state index in [1.165, 1.54) is 0 Å². The molecule has 2 aromatic heterocycles. The number of aromatic nitrogens is 2. The fourth-order valence-corrected chi connectivity index (χ4v) is 2.63. The minimum absolute atomic E-state index is 0.0138. The Morgan fingerprint density at radius 1 is 1.57 bits per heavy atom. The predicted octanol–water partition coefficient (Wildman–Crippen LogP) is 2.42. The van der Waals surface area contributed by atoms with Gasteiger partial charge in [0, 0.05) is 31.5 Å². The molecule has 1 saturated heterocycles. The SMILES string of the molecule is Cc1cc([C@@H]2CCCN2C(=O)NCc2cccnc2)on1. The first-order chi connectivity index (χ1) is 10.2. The number of likely N-dealkylation sites (tertiary alicyclic amines) is 1. The number of carbonyl (C=O) groups excluding carboxylic acids is 1. The smallest absolute Gasteiger partial charge is 0.318 e. The van der Waals surface area contributed by atoms with Crippen molar-refractivity contribution in [3.05, 3.63) is 47.6 Å². The van der Waals surface area contributed by atoms with E-state index in [4.69, 9.17) is 4.52 Å². The van der Waals surface area contributed by atoms with E-state index in [-0.39, 0.29) is 12.1 Å². The predicted molar refractivity (Wildman–Crippen MR) is 76.4 cm³/mol. The Morgan fingerprint density at radius 3 is 3.19 bits per heavy atom. The van der Waals surface area contributed by atoms with Gasteiger partial charge in [-0.25, -0.2) is 4.79 Å². The summed E-state index contributed by atoms with van der Waals surface area (Å²) in [6.07, 6.45) is 5.36. The molecule has 1 atom stereocenters. The zero-order chi connectivity index (χ0) is 14.7. The van der Waals surface area contributed by atoms with Crippen LogP contribution in [0, 0.1) is 6.92 Å². The molecule has 3 heterocycles. The van der Waals surface area contributed by atoms with Gasteiger partial charge in [0.25, 0.3) is 0 Å². The van der Waals surface area contributed by atoms with E-state index in [9.17, 15) is 4.79 Å². The molecule has 0 aromatic carbocycles. The third-order valence-corrected chi connectivity index (χ3v) is 3.65. The zero-order valence-corrected chi connectivity index (χ0v) is 12.0. The molecule has 0 spiro atoms. The molecule has 110 valence electrons. The fraction of sp³-hybridized carbons (Fsp3) is 0.400. The molecule has 6 nitrogen and oxygen atoms in total. The number of rotatable bonds is 3. The lowest BCUT2D eigenvalue weighted by Crippen LogP contribution is -2.39. The summed E-state index contributed by atoms with van der Waals surface area (Å²) in [6, 6.07) is 5.61. The highest BCUT2D eigenvalue weighted by Gasteiger charge is 2.32. The summed E-state index contributed by atoms with van der Waals surface area (Å²) in [6.45, 7) is 3.10. The second kappa shape index (κ2) is 5.95. The van der Waals surface area contributed by atoms with Gasteiger partial charge in [-0.15, -0.1) is 0 Å². The molecule has 1 N–H and O–H groups in total. The van der Waals surface area contributed by atoms with Crippen molar-refractivity contribution in [3.63, 3.8) is 0 Å². The molecule has 2 aromatic rings. The van der Waals surface area contributed by atoms with Crippen LogP contribution in [-0.2, 0) is 6.54 Å². The minimum Gasteiger partial charge on any atom is -0.359 e. The number of pyridine rings is 1. The van der Waals surface area contributed by atoms with Crippen LogP contribution >= 0.6 is 0 Å². The first-order valence-corrected chi connectivity index (χ1v) is 7.10. The first-order valence-electron chi connectivity index (χ1n) is 7.10. The molecule has 0 radical (unpaired) electrons. The van der Waals surface area contributed by atoms with Gasteiger partial charge in [0.2, 0.25) is 0 Å². The standard InChI is InChI=1S/C15H18N4O2/c1-11-8-14(21-18-11)13-5-3-7-19(13)15(20)17-10-12-4-2-6-16-9-12/h2,4,6,8-9,13H,3,5,7,10H2,1H3,(H,17,20)/t13-/m0/s1. The topological polar surface area (TPSA) is 71.3 Å². The average Bonchev–Trinajstić information content (AvgIpc) is 3.14. The van der Waals surface area contributed by atoms with Gasteiger partial charge in [0.1, 0.15) is 0 Å². The van der Waals surface area contributed by atoms with Crippen molar-refractivity contribution >= 4 is 6.03 Å². The Labute approximate surface area is 123 Å². The van der Waals surface area contributed by atoms with Gasteiger partial charge < -0.3 is 14.7 Å². The summed E-state index contributed by atoms with van der Waals surface area (Å²) >= 11 is 0. The third kappa shape index (κ3) is 3.04. The Balaban J connectivity index is 1.63. The largest absolute Gasteiger partial charge is 0.359 e. The second-order valence-electron chi connectivity index (χ2n) is 5.24. The summed E-state index contributed by atoms with van der Waals surface area (Å²) in [5, 5.41) is 6.84. The number of hydrogen-bond acceptors (Lipinski definition) is 4. The highest BCUT2D eigenvalue weighted by Crippen LogP contribution is 2.32. The van der Waals surface area contributed by atoms with Gasteiger partial charge in [-0.1, -0.05) is 11.2 Å². The maximum absolute atomic E-state index is 12.3. The van der Waals surface area contributed by atoms with Crippen molar-refractivity contribution in [1.82, 2.24) is 20.4 Å². The van der Waals surface area contributed by atoms with Gasteiger partial charge in [0.05, 0.1) is 11.7 Å². The monoisotopic (exact) mass is 286 g/mol. The molecule has 1 fully saturated rings. The molecular formula is C15H18N4O2. The van der Waals surface area contributed by atoms with Crippen LogP contribution in [0.1, 0.15) is 35.9 Å². The third-order valence-electron chi connectivity index (χ3n) is 3.65. The molecule has 21 heavy (non-hydrogen) atoms. The number of aryl methyl sites for hydroxylation is 1. The van der Waals surface area contributed by atoms with Crippen LogP contribution in [-0.4, -0.2) is 27.6 Å². The second-order valence-corrected chi connectivity index (χ2v) is 5.24. The fourth-order valence-electron chi connectivity index (χ4n) is 2.63. The molecule has 6 heteroatoms. The molecule has 0 unspecified atom stereocenters. The Kier molecular flexibility index (Phi) is 3.85. The number of carbonyl (C=O) groups is 1. The van der Waals surface area contributed by atoms with E-state index in [0.717, 1.165) is 36.4 Å². The van der Waals surface area contributed by atoms with Crippen LogP contribution in [0.15, 0.2) is 35.1 Å². The molecule has 1 aliphatic heterocycles. The van der Waals surface area contributed by atoms with Gasteiger partial charge in [-0.3, -0.25) is 4.98 Å². The van der Waals surface area contributed by atoms with Crippen LogP contribution in [0.25, 0.3) is 0 Å². The molecule has 0 saturated carbocycles. The van der Waals surface area contributed by atoms with Crippen molar-refractivity contribution in [3.8, 4) is 0 Å². The summed E-state index contributed by atoms with van der Waals surface area (Å²) in [5.74, 6) is 0.765. The lowest BCUT2D eigenvalue weighted by Gasteiger charge is -2.23. The highest BCUT2D eigenvalue weighted by atomic mass is 16.5. The van der Waals surface area contributed by atoms with Crippen LogP contribution in [0.5, 0.6) is 0 Å². The van der Waals surface area contributed by atoms with E-state index in [0.29, 0.717) is 6.54 Å².